The Balaban J connectivity index is 1.59. The van der Waals surface area contributed by atoms with Gasteiger partial charge in [-0.25, -0.2) is 9.78 Å². The van der Waals surface area contributed by atoms with E-state index in [4.69, 9.17) is 4.74 Å². The lowest BCUT2D eigenvalue weighted by Gasteiger charge is -2.10. The van der Waals surface area contributed by atoms with Crippen LogP contribution in [-0.2, 0) is 6.54 Å². The topological polar surface area (TPSA) is 79.0 Å². The van der Waals surface area contributed by atoms with Gasteiger partial charge in [0.1, 0.15) is 11.6 Å². The van der Waals surface area contributed by atoms with Crippen LogP contribution >= 0.6 is 0 Å². The first-order valence-corrected chi connectivity index (χ1v) is 7.94. The van der Waals surface area contributed by atoms with Crippen molar-refractivity contribution >= 4 is 11.7 Å². The lowest BCUT2D eigenvalue weighted by molar-refractivity contribution is 0.251. The molecule has 0 spiro atoms. The number of aromatic amines is 1. The number of H-pyrrole nitrogens is 1. The van der Waals surface area contributed by atoms with E-state index < -0.39 is 0 Å². The molecule has 2 amide bonds. The number of imidazole rings is 1. The fourth-order valence-electron chi connectivity index (χ4n) is 2.41. The number of rotatable bonds is 5. The van der Waals surface area contributed by atoms with Crippen molar-refractivity contribution in [2.75, 3.05) is 12.4 Å². The molecule has 6 nitrogen and oxygen atoms in total. The van der Waals surface area contributed by atoms with E-state index in [2.05, 4.69) is 20.6 Å². The number of urea groups is 1. The highest BCUT2D eigenvalue weighted by Gasteiger charge is 2.08. The molecule has 25 heavy (non-hydrogen) atoms. The van der Waals surface area contributed by atoms with Crippen LogP contribution in [0, 0.1) is 6.92 Å². The minimum Gasteiger partial charge on any atom is -0.497 e. The Morgan fingerprint density at radius 1 is 1.20 bits per heavy atom. The fraction of sp³-hybridized carbons (Fsp3) is 0.158. The van der Waals surface area contributed by atoms with Crippen molar-refractivity contribution in [3.8, 4) is 17.0 Å². The summed E-state index contributed by atoms with van der Waals surface area (Å²) in [6.45, 7) is 2.23. The lowest BCUT2D eigenvalue weighted by Crippen LogP contribution is -2.28. The molecule has 0 unspecified atom stereocenters. The molecule has 128 valence electrons. The number of nitrogens with zero attached hydrogens (tertiary/aromatic N) is 1. The number of carbonyl (C=O) groups excluding carboxylic acids is 1. The molecule has 3 aromatic rings. The summed E-state index contributed by atoms with van der Waals surface area (Å²) in [6, 6.07) is 15.2. The molecule has 0 bridgehead atoms. The summed E-state index contributed by atoms with van der Waals surface area (Å²) in [5.41, 5.74) is 3.64. The lowest BCUT2D eigenvalue weighted by atomic mass is 10.2. The number of carbonyl (C=O) groups is 1. The van der Waals surface area contributed by atoms with E-state index >= 15 is 0 Å². The second kappa shape index (κ2) is 7.53. The molecule has 1 aromatic heterocycles. The zero-order chi connectivity index (χ0) is 17.6. The number of nitrogens with one attached hydrogen (secondary N) is 3. The molecular weight excluding hydrogens is 316 g/mol. The van der Waals surface area contributed by atoms with Gasteiger partial charge in [-0.2, -0.15) is 0 Å². The highest BCUT2D eigenvalue weighted by atomic mass is 16.5. The third-order valence-electron chi connectivity index (χ3n) is 3.82. The molecule has 6 heteroatoms. The first-order valence-electron chi connectivity index (χ1n) is 7.94. The van der Waals surface area contributed by atoms with E-state index in [0.29, 0.717) is 23.8 Å². The van der Waals surface area contributed by atoms with Crippen molar-refractivity contribution in [2.24, 2.45) is 0 Å². The summed E-state index contributed by atoms with van der Waals surface area (Å²) in [5.74, 6) is 1.39. The summed E-state index contributed by atoms with van der Waals surface area (Å²) in [4.78, 5) is 19.6. The van der Waals surface area contributed by atoms with Gasteiger partial charge in [0.2, 0.25) is 0 Å². The number of aryl methyl sites for hydroxylation is 1. The Morgan fingerprint density at radius 2 is 2.00 bits per heavy atom. The quantitative estimate of drug-likeness (QED) is 0.664. The summed E-state index contributed by atoms with van der Waals surface area (Å²) in [7, 11) is 1.59. The van der Waals surface area contributed by atoms with Gasteiger partial charge in [-0.15, -0.1) is 0 Å². The molecule has 0 fully saturated rings. The highest BCUT2D eigenvalue weighted by Crippen LogP contribution is 2.21. The van der Waals surface area contributed by atoms with Gasteiger partial charge in [0.05, 0.1) is 25.5 Å². The average molecular weight is 336 g/mol. The fourth-order valence-corrected chi connectivity index (χ4v) is 2.41. The van der Waals surface area contributed by atoms with Gasteiger partial charge >= 0.3 is 6.03 Å². The number of aromatic nitrogens is 2. The maximum absolute atomic E-state index is 12.1. The molecule has 0 saturated carbocycles. The van der Waals surface area contributed by atoms with Gasteiger partial charge in [-0.1, -0.05) is 36.4 Å². The molecule has 0 aliphatic carbocycles. The molecule has 1 heterocycles. The average Bonchev–Trinajstić information content (AvgIpc) is 3.12. The molecule has 0 aliphatic heterocycles. The van der Waals surface area contributed by atoms with Gasteiger partial charge in [-0.3, -0.25) is 0 Å². The van der Waals surface area contributed by atoms with Crippen LogP contribution < -0.4 is 15.4 Å². The predicted molar refractivity (Wildman–Crippen MR) is 97.6 cm³/mol. The zero-order valence-corrected chi connectivity index (χ0v) is 14.2. The Hall–Kier alpha value is -3.28. The molecule has 3 N–H and O–H groups in total. The van der Waals surface area contributed by atoms with Gasteiger partial charge in [0.25, 0.3) is 0 Å². The first kappa shape index (κ1) is 16.6. The second-order valence-corrected chi connectivity index (χ2v) is 5.60. The predicted octanol–water partition coefficient (Wildman–Crippen LogP) is 3.72. The SMILES string of the molecule is COc1ccc(C)c(NC(=O)NCc2ncc(-c3ccccc3)[nH]2)c1. The Morgan fingerprint density at radius 3 is 2.76 bits per heavy atom. The van der Waals surface area contributed by atoms with Crippen LogP contribution in [0.3, 0.4) is 0 Å². The summed E-state index contributed by atoms with van der Waals surface area (Å²) in [6.07, 6.45) is 1.76. The van der Waals surface area contributed by atoms with Crippen molar-refractivity contribution < 1.29 is 9.53 Å². The number of benzene rings is 2. The van der Waals surface area contributed by atoms with E-state index in [1.165, 1.54) is 0 Å². The van der Waals surface area contributed by atoms with E-state index in [-0.39, 0.29) is 6.03 Å². The number of ether oxygens (including phenoxy) is 1. The van der Waals surface area contributed by atoms with Gasteiger partial charge in [0, 0.05) is 11.8 Å². The van der Waals surface area contributed by atoms with Crippen LogP contribution in [0.1, 0.15) is 11.4 Å². The maximum Gasteiger partial charge on any atom is 0.319 e. The van der Waals surface area contributed by atoms with Crippen LogP contribution in [0.2, 0.25) is 0 Å². The van der Waals surface area contributed by atoms with E-state index in [9.17, 15) is 4.79 Å². The van der Waals surface area contributed by atoms with Crippen LogP contribution in [0.5, 0.6) is 5.75 Å². The van der Waals surface area contributed by atoms with Gasteiger partial charge in [-0.05, 0) is 24.1 Å². The highest BCUT2D eigenvalue weighted by molar-refractivity contribution is 5.90. The Bertz CT molecular complexity index is 859. The van der Waals surface area contributed by atoms with Gasteiger partial charge < -0.3 is 20.4 Å². The molecule has 3 rings (SSSR count). The van der Waals surface area contributed by atoms with Crippen LogP contribution in [0.4, 0.5) is 10.5 Å². The van der Waals surface area contributed by atoms with Crippen LogP contribution in [0.25, 0.3) is 11.3 Å². The normalized spacial score (nSPS) is 10.3. The van der Waals surface area contributed by atoms with E-state index in [1.807, 2.05) is 49.4 Å². The van der Waals surface area contributed by atoms with Crippen molar-refractivity contribution in [2.45, 2.75) is 13.5 Å². The van der Waals surface area contributed by atoms with Crippen molar-refractivity contribution in [3.63, 3.8) is 0 Å². The maximum atomic E-state index is 12.1. The summed E-state index contributed by atoms with van der Waals surface area (Å²) in [5, 5.41) is 5.61. The molecule has 2 aromatic carbocycles. The Labute approximate surface area is 146 Å². The minimum atomic E-state index is -0.297. The largest absolute Gasteiger partial charge is 0.497 e. The molecular formula is C19H20N4O2. The van der Waals surface area contributed by atoms with Crippen molar-refractivity contribution in [1.29, 1.82) is 0 Å². The van der Waals surface area contributed by atoms with E-state index in [0.717, 1.165) is 16.8 Å². The number of hydrogen-bond acceptors (Lipinski definition) is 3. The number of anilines is 1. The third-order valence-corrected chi connectivity index (χ3v) is 3.82. The number of hydrogen-bond donors (Lipinski definition) is 3. The van der Waals surface area contributed by atoms with E-state index in [1.54, 1.807) is 19.4 Å². The second-order valence-electron chi connectivity index (χ2n) is 5.60. The molecule has 0 atom stereocenters. The summed E-state index contributed by atoms with van der Waals surface area (Å²) < 4.78 is 5.18. The smallest absolute Gasteiger partial charge is 0.319 e. The number of methoxy groups -OCH3 is 1. The van der Waals surface area contributed by atoms with Gasteiger partial charge in [0.15, 0.2) is 0 Å². The van der Waals surface area contributed by atoms with Crippen molar-refractivity contribution in [3.05, 3.63) is 66.1 Å². The van der Waals surface area contributed by atoms with Crippen molar-refractivity contribution in [1.82, 2.24) is 15.3 Å². The van der Waals surface area contributed by atoms with Crippen LogP contribution in [0.15, 0.2) is 54.7 Å². The monoisotopic (exact) mass is 336 g/mol. The summed E-state index contributed by atoms with van der Waals surface area (Å²) >= 11 is 0. The first-order chi connectivity index (χ1) is 12.2. The zero-order valence-electron chi connectivity index (χ0n) is 14.2. The number of amides is 2. The molecule has 0 aliphatic rings. The standard InChI is InChI=1S/C19H20N4O2/c1-13-8-9-15(25-2)10-16(13)23-19(24)21-12-18-20-11-17(22-18)14-6-4-3-5-7-14/h3-11H,12H2,1-2H3,(H,20,22)(H2,21,23,24). The Kier molecular flexibility index (Phi) is 4.99. The molecule has 0 saturated heterocycles. The third kappa shape index (κ3) is 4.17. The van der Waals surface area contributed by atoms with Crippen LogP contribution in [-0.4, -0.2) is 23.1 Å². The minimum absolute atomic E-state index is 0.297. The molecule has 0 radical (unpaired) electrons.